The highest BCUT2D eigenvalue weighted by Gasteiger charge is 2.21. The number of carbonyl (C=O) groups excluding carboxylic acids is 1. The molecule has 1 aliphatic heterocycles. The van der Waals surface area contributed by atoms with Crippen LogP contribution in [0.3, 0.4) is 0 Å². The fourth-order valence-corrected chi connectivity index (χ4v) is 3.64. The van der Waals surface area contributed by atoms with Crippen LogP contribution in [0.25, 0.3) is 0 Å². The number of hydrogen-bond donors (Lipinski definition) is 1. The smallest absolute Gasteiger partial charge is 0.257 e. The molecule has 0 unspecified atom stereocenters. The number of nitrogens with one attached hydrogen (secondary N) is 1. The first-order valence-electron chi connectivity index (χ1n) is 10.5. The molecule has 1 aliphatic rings. The maximum absolute atomic E-state index is 12.7. The van der Waals surface area contributed by atoms with E-state index in [-0.39, 0.29) is 23.5 Å². The average Bonchev–Trinajstić information content (AvgIpc) is 2.73. The Hall–Kier alpha value is -2.64. The molecule has 1 fully saturated rings. The highest BCUT2D eigenvalue weighted by atomic mass is 16.5. The summed E-state index contributed by atoms with van der Waals surface area (Å²) in [4.78, 5) is 27.8. The van der Waals surface area contributed by atoms with E-state index in [9.17, 15) is 9.59 Å². The molecule has 0 spiro atoms. The molecule has 0 radical (unpaired) electrons. The topological polar surface area (TPSA) is 72.8 Å². The molecule has 0 atom stereocenters. The van der Waals surface area contributed by atoms with Gasteiger partial charge in [0.1, 0.15) is 17.9 Å². The number of aromatic nitrogens is 1. The lowest BCUT2D eigenvalue weighted by molar-refractivity contribution is 0.0361. The summed E-state index contributed by atoms with van der Waals surface area (Å²) in [7, 11) is 0. The van der Waals surface area contributed by atoms with Gasteiger partial charge in [0.25, 0.3) is 5.91 Å². The van der Waals surface area contributed by atoms with Crippen LogP contribution in [-0.4, -0.2) is 54.8 Å². The molecule has 1 N–H and O–H groups in total. The summed E-state index contributed by atoms with van der Waals surface area (Å²) < 4.78 is 13.4. The molecule has 0 aliphatic carbocycles. The van der Waals surface area contributed by atoms with Crippen molar-refractivity contribution in [3.63, 3.8) is 0 Å². The zero-order valence-electron chi connectivity index (χ0n) is 18.1. The van der Waals surface area contributed by atoms with Crippen molar-refractivity contribution < 1.29 is 14.3 Å². The van der Waals surface area contributed by atoms with E-state index >= 15 is 0 Å². The van der Waals surface area contributed by atoms with Crippen molar-refractivity contribution in [3.05, 3.63) is 63.1 Å². The number of aryl methyl sites for hydroxylation is 2. The number of carbonyl (C=O) groups is 1. The number of morpholine rings is 1. The predicted molar refractivity (Wildman–Crippen MR) is 116 cm³/mol. The minimum Gasteiger partial charge on any atom is -0.487 e. The number of pyridine rings is 1. The largest absolute Gasteiger partial charge is 0.487 e. The second-order valence-electron chi connectivity index (χ2n) is 7.54. The van der Waals surface area contributed by atoms with Gasteiger partial charge in [0.2, 0.25) is 0 Å². The van der Waals surface area contributed by atoms with Crippen LogP contribution in [0.1, 0.15) is 34.2 Å². The van der Waals surface area contributed by atoms with Gasteiger partial charge in [-0.3, -0.25) is 14.5 Å². The van der Waals surface area contributed by atoms with E-state index in [1.54, 1.807) is 6.07 Å². The van der Waals surface area contributed by atoms with Gasteiger partial charge in [-0.25, -0.2) is 0 Å². The Bertz CT molecular complexity index is 915. The third-order valence-electron chi connectivity index (χ3n) is 5.33. The van der Waals surface area contributed by atoms with Gasteiger partial charge < -0.3 is 19.4 Å². The normalized spacial score (nSPS) is 14.5. The van der Waals surface area contributed by atoms with Gasteiger partial charge in [-0.15, -0.1) is 0 Å². The first kappa shape index (κ1) is 22.1. The summed E-state index contributed by atoms with van der Waals surface area (Å²) in [6.07, 6.45) is 0. The maximum Gasteiger partial charge on any atom is 0.257 e. The van der Waals surface area contributed by atoms with Crippen LogP contribution in [0.2, 0.25) is 0 Å². The van der Waals surface area contributed by atoms with Crippen LogP contribution < -0.4 is 15.5 Å². The molecule has 0 saturated carbocycles. The number of rotatable bonds is 8. The maximum atomic E-state index is 12.7. The Morgan fingerprint density at radius 1 is 1.13 bits per heavy atom. The second-order valence-corrected chi connectivity index (χ2v) is 7.54. The third-order valence-corrected chi connectivity index (χ3v) is 5.33. The molecule has 7 nitrogen and oxygen atoms in total. The molecule has 1 amide bonds. The van der Waals surface area contributed by atoms with Gasteiger partial charge in [0, 0.05) is 44.5 Å². The van der Waals surface area contributed by atoms with E-state index in [4.69, 9.17) is 9.47 Å². The van der Waals surface area contributed by atoms with E-state index < -0.39 is 0 Å². The summed E-state index contributed by atoms with van der Waals surface area (Å²) in [5.74, 6) is 0.348. The standard InChI is InChI=1S/C23H31N3O4/c1-4-24-23(28)22-20(16-30-19-7-5-17(2)6-8-19)26(18(3)15-21(22)27)10-9-25-11-13-29-14-12-25/h5-8,15H,4,9-14,16H2,1-3H3,(H,24,28). The molecular formula is C23H31N3O4. The number of hydrogen-bond acceptors (Lipinski definition) is 5. The minimum absolute atomic E-state index is 0.148. The first-order chi connectivity index (χ1) is 14.5. The number of benzene rings is 1. The van der Waals surface area contributed by atoms with Gasteiger partial charge in [-0.1, -0.05) is 17.7 Å². The first-order valence-corrected chi connectivity index (χ1v) is 10.5. The highest BCUT2D eigenvalue weighted by molar-refractivity contribution is 5.95. The van der Waals surface area contributed by atoms with Crippen molar-refractivity contribution in [3.8, 4) is 5.75 Å². The number of nitrogens with zero attached hydrogens (tertiary/aromatic N) is 2. The molecule has 2 heterocycles. The zero-order chi connectivity index (χ0) is 21.5. The van der Waals surface area contributed by atoms with Crippen molar-refractivity contribution in [1.82, 2.24) is 14.8 Å². The van der Waals surface area contributed by atoms with E-state index in [0.717, 1.165) is 44.1 Å². The van der Waals surface area contributed by atoms with Gasteiger partial charge in [-0.05, 0) is 32.9 Å². The van der Waals surface area contributed by atoms with Crippen molar-refractivity contribution in [2.45, 2.75) is 33.9 Å². The summed E-state index contributed by atoms with van der Waals surface area (Å²) in [5.41, 5.74) is 2.46. The number of amides is 1. The molecule has 3 rings (SSSR count). The van der Waals surface area contributed by atoms with Gasteiger partial charge >= 0.3 is 0 Å². The van der Waals surface area contributed by atoms with E-state index in [1.807, 2.05) is 49.6 Å². The average molecular weight is 414 g/mol. The van der Waals surface area contributed by atoms with Crippen LogP contribution >= 0.6 is 0 Å². The fourth-order valence-electron chi connectivity index (χ4n) is 3.64. The summed E-state index contributed by atoms with van der Waals surface area (Å²) in [5, 5.41) is 2.77. The molecule has 162 valence electrons. The molecule has 0 bridgehead atoms. The summed E-state index contributed by atoms with van der Waals surface area (Å²) in [6, 6.07) is 9.28. The molecule has 7 heteroatoms. The van der Waals surface area contributed by atoms with Crippen LogP contribution in [0.5, 0.6) is 5.75 Å². The lowest BCUT2D eigenvalue weighted by Gasteiger charge is -2.28. The van der Waals surface area contributed by atoms with Crippen LogP contribution in [0.4, 0.5) is 0 Å². The third kappa shape index (κ3) is 5.49. The number of ether oxygens (including phenoxy) is 2. The quantitative estimate of drug-likeness (QED) is 0.718. The van der Waals surface area contributed by atoms with E-state index in [0.29, 0.717) is 24.5 Å². The Morgan fingerprint density at radius 3 is 2.50 bits per heavy atom. The van der Waals surface area contributed by atoms with Crippen molar-refractivity contribution in [2.75, 3.05) is 39.4 Å². The van der Waals surface area contributed by atoms with Gasteiger partial charge in [0.05, 0.1) is 18.9 Å². The molecule has 1 aromatic heterocycles. The lowest BCUT2D eigenvalue weighted by Crippen LogP contribution is -2.39. The zero-order valence-corrected chi connectivity index (χ0v) is 18.1. The monoisotopic (exact) mass is 413 g/mol. The molecule has 2 aromatic rings. The van der Waals surface area contributed by atoms with Crippen molar-refractivity contribution in [2.24, 2.45) is 0 Å². The Balaban J connectivity index is 1.91. The molecular weight excluding hydrogens is 382 g/mol. The van der Waals surface area contributed by atoms with Crippen LogP contribution in [0.15, 0.2) is 35.1 Å². The van der Waals surface area contributed by atoms with Crippen LogP contribution in [-0.2, 0) is 17.9 Å². The molecule has 1 aromatic carbocycles. The van der Waals surface area contributed by atoms with Gasteiger partial charge in [-0.2, -0.15) is 0 Å². The minimum atomic E-state index is -0.356. The Labute approximate surface area is 177 Å². The van der Waals surface area contributed by atoms with Crippen molar-refractivity contribution in [1.29, 1.82) is 0 Å². The molecule has 1 saturated heterocycles. The Morgan fingerprint density at radius 2 is 1.83 bits per heavy atom. The van der Waals surface area contributed by atoms with E-state index in [1.165, 1.54) is 0 Å². The predicted octanol–water partition coefficient (Wildman–Crippen LogP) is 2.13. The van der Waals surface area contributed by atoms with Gasteiger partial charge in [0.15, 0.2) is 5.43 Å². The van der Waals surface area contributed by atoms with E-state index in [2.05, 4.69) is 10.2 Å². The highest BCUT2D eigenvalue weighted by Crippen LogP contribution is 2.17. The SMILES string of the molecule is CCNC(=O)c1c(COc2ccc(C)cc2)n(CCN2CCOCC2)c(C)cc1=O. The molecule has 30 heavy (non-hydrogen) atoms. The Kier molecular flexibility index (Phi) is 7.65. The fraction of sp³-hybridized carbons (Fsp3) is 0.478. The summed E-state index contributed by atoms with van der Waals surface area (Å²) in [6.45, 7) is 11.1. The van der Waals surface area contributed by atoms with Crippen LogP contribution in [0, 0.1) is 13.8 Å². The van der Waals surface area contributed by atoms with Crippen molar-refractivity contribution >= 4 is 5.91 Å². The summed E-state index contributed by atoms with van der Waals surface area (Å²) >= 11 is 0. The lowest BCUT2D eigenvalue weighted by atomic mass is 10.1. The second kappa shape index (κ2) is 10.4.